The number of hydrogen-bond acceptors (Lipinski definition) is 13. The van der Waals surface area contributed by atoms with E-state index in [0.717, 1.165) is 67.2 Å². The highest BCUT2D eigenvalue weighted by molar-refractivity contribution is 7.99. The number of thioether (sulfide) groups is 1. The lowest BCUT2D eigenvalue weighted by atomic mass is 9.73. The van der Waals surface area contributed by atoms with Gasteiger partial charge >= 0.3 is 5.51 Å². The van der Waals surface area contributed by atoms with E-state index < -0.39 is 70.4 Å². The quantitative estimate of drug-likeness (QED) is 0.0406. The zero-order valence-corrected chi connectivity index (χ0v) is 48.3. The number of carbonyl (C=O) groups is 3. The second kappa shape index (κ2) is 25.4. The van der Waals surface area contributed by atoms with Crippen LogP contribution < -0.4 is 20.3 Å². The molecule has 0 bridgehead atoms. The Labute approximate surface area is 480 Å². The Morgan fingerprint density at radius 3 is 2.15 bits per heavy atom. The molecule has 0 saturated carbocycles. The van der Waals surface area contributed by atoms with Gasteiger partial charge in [0.25, 0.3) is 25.8 Å². The number of halogens is 5. The number of rotatable bonds is 19. The van der Waals surface area contributed by atoms with Gasteiger partial charge in [-0.2, -0.15) is 13.2 Å². The minimum atomic E-state index is -6.14. The van der Waals surface area contributed by atoms with Gasteiger partial charge in [0.1, 0.15) is 10.7 Å². The van der Waals surface area contributed by atoms with Crippen molar-refractivity contribution in [3.63, 3.8) is 0 Å². The molecule has 0 aromatic heterocycles. The van der Waals surface area contributed by atoms with Crippen LogP contribution in [0.25, 0.3) is 5.57 Å². The highest BCUT2D eigenvalue weighted by Crippen LogP contribution is 2.43. The number of benzene rings is 5. The van der Waals surface area contributed by atoms with Gasteiger partial charge in [0.2, 0.25) is 11.8 Å². The molecule has 3 saturated heterocycles. The summed E-state index contributed by atoms with van der Waals surface area (Å²) in [6.45, 7) is 11.9. The van der Waals surface area contributed by atoms with Crippen LogP contribution in [0.15, 0.2) is 136 Å². The maximum atomic E-state index is 14.9. The first-order valence-corrected chi connectivity index (χ1v) is 31.4. The van der Waals surface area contributed by atoms with E-state index in [-0.39, 0.29) is 35.3 Å². The number of alkyl halides is 3. The summed E-state index contributed by atoms with van der Waals surface area (Å²) >= 11 is 7.62. The van der Waals surface area contributed by atoms with Crippen molar-refractivity contribution in [1.82, 2.24) is 24.7 Å². The summed E-state index contributed by atoms with van der Waals surface area (Å²) in [7, 11) is -11.1. The number of piperidine rings is 1. The predicted molar refractivity (Wildman–Crippen MR) is 308 cm³/mol. The Hall–Kier alpha value is -5.81. The number of amides is 3. The third kappa shape index (κ3) is 15.1. The SMILES string of the molecule is CC1(C)CCC(c2ccc(Cl)cc2)=C(CN2CCN(c3ccc(C(=O)NS(=O)(=O)c4ccc(N[C@H](CCN5CCN(Cc6ccc(F)c(C7CCC(=O)NC7=O)c6)CC5)CSc5ccccc5)c(S(=O)(=O)C(F)(F)F)c4)cc3)CC2)C1. The summed E-state index contributed by atoms with van der Waals surface area (Å²) in [6.07, 6.45) is 3.81. The van der Waals surface area contributed by atoms with Gasteiger partial charge < -0.3 is 15.1 Å². The number of allylic oxidation sites excluding steroid dienone is 1. The van der Waals surface area contributed by atoms with Crippen molar-refractivity contribution in [3.05, 3.63) is 154 Å². The van der Waals surface area contributed by atoms with E-state index in [0.29, 0.717) is 75.6 Å². The minimum Gasteiger partial charge on any atom is -0.380 e. The Bertz CT molecular complexity index is 3360. The zero-order valence-electron chi connectivity index (χ0n) is 45.1. The van der Waals surface area contributed by atoms with Crippen molar-refractivity contribution in [3.8, 4) is 0 Å². The van der Waals surface area contributed by atoms with Crippen LogP contribution in [-0.4, -0.2) is 132 Å². The number of nitrogens with one attached hydrogen (secondary N) is 3. The molecule has 4 aliphatic rings. The van der Waals surface area contributed by atoms with Crippen LogP contribution in [0, 0.1) is 11.2 Å². The Kier molecular flexibility index (Phi) is 18.7. The number of sulfone groups is 1. The second-order valence-electron chi connectivity index (χ2n) is 22.0. The van der Waals surface area contributed by atoms with E-state index in [9.17, 15) is 48.8 Å². The number of nitrogens with zero attached hydrogens (tertiary/aromatic N) is 4. The molecule has 9 rings (SSSR count). The van der Waals surface area contributed by atoms with Crippen LogP contribution >= 0.6 is 23.4 Å². The second-order valence-corrected chi connectivity index (χ2v) is 27.1. The van der Waals surface area contributed by atoms with Crippen LogP contribution in [0.1, 0.15) is 85.3 Å². The van der Waals surface area contributed by atoms with E-state index in [4.69, 9.17) is 11.6 Å². The van der Waals surface area contributed by atoms with Crippen LogP contribution in [-0.2, 0) is 36.0 Å². The molecule has 1 unspecified atom stereocenters. The molecule has 0 spiro atoms. The Morgan fingerprint density at radius 2 is 1.47 bits per heavy atom. The maximum absolute atomic E-state index is 14.9. The number of imide groups is 1. The molecule has 1 aliphatic carbocycles. The Balaban J connectivity index is 0.835. The number of carbonyl (C=O) groups excluding carboxylic acids is 3. The zero-order chi connectivity index (χ0) is 57.7. The van der Waals surface area contributed by atoms with Gasteiger partial charge in [-0.25, -0.2) is 25.9 Å². The molecule has 5 aromatic rings. The predicted octanol–water partition coefficient (Wildman–Crippen LogP) is 9.98. The standard InChI is InChI=1S/C59H66ClF4N7O7S3/c1-58(2)24-22-49(41-9-13-44(60)14-10-41)43(36-58)38-70-30-32-71(33-31-70)46-15-11-42(12-16-46)56(73)67-81(77,78)48-17-20-53(54(35-48)80(75,76)59(62,63)64)65-45(39-79-47-6-4-3-5-7-47)23-25-68-26-28-69(29-27-68)37-40-8-19-52(61)51(34-40)50-18-21-55(72)66-57(50)74/h3-17,19-20,34-35,45,50,65H,18,21-33,36-39H2,1-2H3,(H,67,73)(H,66,72,74)/t45-,50?/m1/s1. The average molecular weight is 1190 g/mol. The molecule has 3 heterocycles. The van der Waals surface area contributed by atoms with Gasteiger partial charge in [0, 0.05) is 117 Å². The summed E-state index contributed by atoms with van der Waals surface area (Å²) in [5.74, 6) is -2.95. The number of sulfonamides is 1. The lowest BCUT2D eigenvalue weighted by Crippen LogP contribution is -2.47. The summed E-state index contributed by atoms with van der Waals surface area (Å²) in [6, 6.07) is 30.1. The van der Waals surface area contributed by atoms with E-state index in [1.807, 2.05) is 47.2 Å². The molecule has 3 fully saturated rings. The fraction of sp³-hybridized carbons (Fsp3) is 0.407. The van der Waals surface area contributed by atoms with Gasteiger partial charge in [-0.05, 0) is 127 Å². The lowest BCUT2D eigenvalue weighted by Gasteiger charge is -2.39. The largest absolute Gasteiger partial charge is 0.501 e. The molecular formula is C59H66ClF4N7O7S3. The maximum Gasteiger partial charge on any atom is 0.501 e. The Morgan fingerprint density at radius 1 is 0.802 bits per heavy atom. The van der Waals surface area contributed by atoms with Crippen LogP contribution in [0.2, 0.25) is 5.02 Å². The van der Waals surface area contributed by atoms with Crippen LogP contribution in [0.4, 0.5) is 28.9 Å². The monoisotopic (exact) mass is 1190 g/mol. The number of anilines is 2. The highest BCUT2D eigenvalue weighted by Gasteiger charge is 2.48. The van der Waals surface area contributed by atoms with E-state index in [2.05, 4.69) is 56.2 Å². The first kappa shape index (κ1) is 59.8. The number of hydrogen-bond donors (Lipinski definition) is 3. The third-order valence-electron chi connectivity index (χ3n) is 15.6. The molecule has 81 heavy (non-hydrogen) atoms. The molecule has 5 aromatic carbocycles. The van der Waals surface area contributed by atoms with Crippen molar-refractivity contribution in [2.75, 3.05) is 81.4 Å². The molecule has 432 valence electrons. The normalized spacial score (nSPS) is 19.3. The van der Waals surface area contributed by atoms with Crippen LogP contribution in [0.5, 0.6) is 0 Å². The topological polar surface area (TPSA) is 169 Å². The van der Waals surface area contributed by atoms with Crippen molar-refractivity contribution >= 4 is 77.9 Å². The summed E-state index contributed by atoms with van der Waals surface area (Å²) in [5.41, 5.74) is -0.193. The lowest BCUT2D eigenvalue weighted by molar-refractivity contribution is -0.134. The fourth-order valence-corrected chi connectivity index (χ4v) is 14.2. The average Bonchev–Trinajstić information content (AvgIpc) is 3.48. The summed E-state index contributed by atoms with van der Waals surface area (Å²) in [5, 5.41) is 6.01. The molecular weight excluding hydrogens is 1130 g/mol. The first-order chi connectivity index (χ1) is 38.5. The molecule has 14 nitrogen and oxygen atoms in total. The van der Waals surface area contributed by atoms with Crippen LogP contribution in [0.3, 0.4) is 0 Å². The molecule has 0 radical (unpaired) electrons. The van der Waals surface area contributed by atoms with E-state index in [1.165, 1.54) is 46.7 Å². The van der Waals surface area contributed by atoms with Gasteiger partial charge in [0.15, 0.2) is 0 Å². The van der Waals surface area contributed by atoms with Crippen molar-refractivity contribution in [2.24, 2.45) is 5.41 Å². The molecule has 3 N–H and O–H groups in total. The summed E-state index contributed by atoms with van der Waals surface area (Å²) < 4.78 is 114. The molecule has 22 heteroatoms. The summed E-state index contributed by atoms with van der Waals surface area (Å²) in [4.78, 5) is 45.4. The van der Waals surface area contributed by atoms with E-state index >= 15 is 0 Å². The van der Waals surface area contributed by atoms with E-state index in [1.54, 1.807) is 24.3 Å². The van der Waals surface area contributed by atoms with Crippen molar-refractivity contribution < 1.29 is 48.8 Å². The smallest absolute Gasteiger partial charge is 0.380 e. The van der Waals surface area contributed by atoms with Gasteiger partial charge in [-0.1, -0.05) is 73.5 Å². The minimum absolute atomic E-state index is 0.0300. The van der Waals surface area contributed by atoms with Crippen molar-refractivity contribution in [1.29, 1.82) is 0 Å². The van der Waals surface area contributed by atoms with Gasteiger partial charge in [-0.3, -0.25) is 29.5 Å². The third-order valence-corrected chi connectivity index (χ3v) is 19.9. The van der Waals surface area contributed by atoms with Crippen molar-refractivity contribution in [2.45, 2.75) is 91.1 Å². The highest BCUT2D eigenvalue weighted by atomic mass is 35.5. The first-order valence-electron chi connectivity index (χ1n) is 27.1. The number of piperazine rings is 2. The molecule has 3 aliphatic heterocycles. The fourth-order valence-electron chi connectivity index (χ4n) is 11.0. The molecule has 3 amide bonds. The van der Waals surface area contributed by atoms with Gasteiger partial charge in [-0.15, -0.1) is 11.8 Å². The van der Waals surface area contributed by atoms with Gasteiger partial charge in [0.05, 0.1) is 16.5 Å². The molecule has 2 atom stereocenters.